The van der Waals surface area contributed by atoms with Gasteiger partial charge in [-0.1, -0.05) is 24.3 Å². The summed E-state index contributed by atoms with van der Waals surface area (Å²) < 4.78 is 23.8. The van der Waals surface area contributed by atoms with Crippen molar-refractivity contribution >= 4 is 29.9 Å². The van der Waals surface area contributed by atoms with Crippen LogP contribution in [0.5, 0.6) is 11.5 Å². The summed E-state index contributed by atoms with van der Waals surface area (Å²) in [5.74, 6) is 1.89. The number of nitrogens with one attached hydrogen (secondary N) is 1. The van der Waals surface area contributed by atoms with Gasteiger partial charge in [0.2, 0.25) is 0 Å². The summed E-state index contributed by atoms with van der Waals surface area (Å²) in [5, 5.41) is 3.31. The topological polar surface area (TPSA) is 46.1 Å². The highest BCUT2D eigenvalue weighted by Crippen LogP contribution is 2.30. The van der Waals surface area contributed by atoms with E-state index in [4.69, 9.17) is 9.47 Å². The Kier molecular flexibility index (Phi) is 9.18. The molecule has 1 N–H and O–H groups in total. The van der Waals surface area contributed by atoms with Gasteiger partial charge in [-0.15, -0.1) is 24.0 Å². The lowest BCUT2D eigenvalue weighted by Gasteiger charge is -2.23. The second-order valence-corrected chi connectivity index (χ2v) is 5.54. The fraction of sp³-hybridized carbons (Fsp3) is 0.316. The number of methoxy groups -OCH3 is 2. The summed E-state index contributed by atoms with van der Waals surface area (Å²) in [6.45, 7) is 1.16. The number of aliphatic imine (C=N–C) groups is 1. The van der Waals surface area contributed by atoms with E-state index in [2.05, 4.69) is 10.3 Å². The molecule has 0 atom stereocenters. The number of benzene rings is 2. The first-order chi connectivity index (χ1) is 12.1. The highest BCUT2D eigenvalue weighted by molar-refractivity contribution is 14.0. The lowest BCUT2D eigenvalue weighted by molar-refractivity contribution is 0.351. The number of nitrogens with zero attached hydrogens (tertiary/aromatic N) is 2. The molecule has 2 aromatic rings. The molecule has 0 aliphatic carbocycles. The minimum atomic E-state index is -0.237. The van der Waals surface area contributed by atoms with Crippen LogP contribution in [-0.4, -0.2) is 39.2 Å². The summed E-state index contributed by atoms with van der Waals surface area (Å²) in [6, 6.07) is 12.2. The van der Waals surface area contributed by atoms with Crippen LogP contribution in [0.15, 0.2) is 47.5 Å². The molecule has 0 spiro atoms. The van der Waals surface area contributed by atoms with Gasteiger partial charge in [0.25, 0.3) is 0 Å². The third kappa shape index (κ3) is 5.76. The van der Waals surface area contributed by atoms with Crippen LogP contribution in [0.1, 0.15) is 11.1 Å². The van der Waals surface area contributed by atoms with Crippen molar-refractivity contribution in [2.75, 3.05) is 28.3 Å². The maximum Gasteiger partial charge on any atom is 0.193 e. The molecule has 0 heterocycles. The zero-order valence-electron chi connectivity index (χ0n) is 15.5. The van der Waals surface area contributed by atoms with Crippen molar-refractivity contribution in [1.29, 1.82) is 0 Å². The van der Waals surface area contributed by atoms with Crippen LogP contribution in [-0.2, 0) is 13.1 Å². The Morgan fingerprint density at radius 1 is 1.12 bits per heavy atom. The van der Waals surface area contributed by atoms with Crippen molar-refractivity contribution < 1.29 is 13.9 Å². The molecule has 0 aromatic heterocycles. The maximum absolute atomic E-state index is 13.0. The van der Waals surface area contributed by atoms with Crippen molar-refractivity contribution in [3.63, 3.8) is 0 Å². The van der Waals surface area contributed by atoms with Crippen molar-refractivity contribution in [3.8, 4) is 11.5 Å². The van der Waals surface area contributed by atoms with E-state index in [1.54, 1.807) is 33.4 Å². The predicted octanol–water partition coefficient (Wildman–Crippen LogP) is 3.67. The highest BCUT2D eigenvalue weighted by Gasteiger charge is 2.11. The van der Waals surface area contributed by atoms with Gasteiger partial charge in [-0.2, -0.15) is 0 Å². The van der Waals surface area contributed by atoms with Crippen LogP contribution in [0.25, 0.3) is 0 Å². The number of hydrogen-bond donors (Lipinski definition) is 1. The standard InChI is InChI=1S/C19H24FN3O2.HI/c1-21-19(23(2)13-14-8-10-16(20)11-9-14)22-12-15-6-5-7-17(24-3)18(15)25-4;/h5-11H,12-13H2,1-4H3,(H,21,22);1H. The number of para-hydroxylation sites is 1. The fourth-order valence-electron chi connectivity index (χ4n) is 2.59. The second-order valence-electron chi connectivity index (χ2n) is 5.54. The predicted molar refractivity (Wildman–Crippen MR) is 113 cm³/mol. The Balaban J connectivity index is 0.00000338. The van der Waals surface area contributed by atoms with Crippen molar-refractivity contribution in [3.05, 3.63) is 59.4 Å². The molecule has 0 amide bonds. The molecule has 0 saturated carbocycles. The normalized spacial score (nSPS) is 10.7. The fourth-order valence-corrected chi connectivity index (χ4v) is 2.59. The van der Waals surface area contributed by atoms with Crippen LogP contribution >= 0.6 is 24.0 Å². The molecule has 2 aromatic carbocycles. The van der Waals surface area contributed by atoms with E-state index in [9.17, 15) is 4.39 Å². The first-order valence-electron chi connectivity index (χ1n) is 7.95. The van der Waals surface area contributed by atoms with Crippen molar-refractivity contribution in [2.45, 2.75) is 13.1 Å². The number of ether oxygens (including phenoxy) is 2. The van der Waals surface area contributed by atoms with Crippen LogP contribution in [0, 0.1) is 5.82 Å². The second kappa shape index (κ2) is 10.8. The van der Waals surface area contributed by atoms with Crippen molar-refractivity contribution in [2.24, 2.45) is 4.99 Å². The molecule has 0 saturated heterocycles. The molecule has 0 aliphatic rings. The van der Waals surface area contributed by atoms with Crippen LogP contribution in [0.2, 0.25) is 0 Å². The minimum absolute atomic E-state index is 0. The number of guanidine groups is 1. The maximum atomic E-state index is 13.0. The van der Waals surface area contributed by atoms with Gasteiger partial charge in [-0.05, 0) is 23.8 Å². The lowest BCUT2D eigenvalue weighted by Crippen LogP contribution is -2.38. The largest absolute Gasteiger partial charge is 0.493 e. The Hall–Kier alpha value is -2.03. The van der Waals surface area contributed by atoms with E-state index in [-0.39, 0.29) is 29.8 Å². The monoisotopic (exact) mass is 473 g/mol. The summed E-state index contributed by atoms with van der Waals surface area (Å²) in [5.41, 5.74) is 1.98. The highest BCUT2D eigenvalue weighted by atomic mass is 127. The van der Waals surface area contributed by atoms with E-state index < -0.39 is 0 Å². The SMILES string of the molecule is CN=C(NCc1cccc(OC)c1OC)N(C)Cc1ccc(F)cc1.I. The van der Waals surface area contributed by atoms with Gasteiger partial charge >= 0.3 is 0 Å². The van der Waals surface area contributed by atoms with E-state index in [1.807, 2.05) is 30.1 Å². The number of hydrogen-bond acceptors (Lipinski definition) is 3. The minimum Gasteiger partial charge on any atom is -0.493 e. The Bertz CT molecular complexity index is 723. The summed E-state index contributed by atoms with van der Waals surface area (Å²) in [6.07, 6.45) is 0. The van der Waals surface area contributed by atoms with Gasteiger partial charge in [0, 0.05) is 32.7 Å². The third-order valence-electron chi connectivity index (χ3n) is 3.83. The first kappa shape index (κ1) is 22.0. The molecular formula is C19H25FIN3O2. The summed E-state index contributed by atoms with van der Waals surface area (Å²) in [7, 11) is 6.90. The van der Waals surface area contributed by atoms with E-state index in [0.717, 1.165) is 17.1 Å². The summed E-state index contributed by atoms with van der Waals surface area (Å²) in [4.78, 5) is 6.27. The molecule has 26 heavy (non-hydrogen) atoms. The van der Waals surface area contributed by atoms with Gasteiger partial charge < -0.3 is 19.7 Å². The summed E-state index contributed by atoms with van der Waals surface area (Å²) >= 11 is 0. The van der Waals surface area contributed by atoms with Crippen LogP contribution in [0.3, 0.4) is 0 Å². The lowest BCUT2D eigenvalue weighted by atomic mass is 10.2. The smallest absolute Gasteiger partial charge is 0.193 e. The molecule has 0 radical (unpaired) electrons. The average molecular weight is 473 g/mol. The molecule has 5 nitrogen and oxygen atoms in total. The Morgan fingerprint density at radius 2 is 1.81 bits per heavy atom. The first-order valence-corrected chi connectivity index (χ1v) is 7.95. The van der Waals surface area contributed by atoms with E-state index >= 15 is 0 Å². The van der Waals surface area contributed by atoms with Gasteiger partial charge in [0.05, 0.1) is 14.2 Å². The molecular weight excluding hydrogens is 448 g/mol. The van der Waals surface area contributed by atoms with Crippen LogP contribution in [0.4, 0.5) is 4.39 Å². The van der Waals surface area contributed by atoms with Crippen LogP contribution < -0.4 is 14.8 Å². The van der Waals surface area contributed by atoms with E-state index in [1.165, 1.54) is 12.1 Å². The molecule has 7 heteroatoms. The average Bonchev–Trinajstić information content (AvgIpc) is 2.63. The molecule has 0 unspecified atom stereocenters. The molecule has 142 valence electrons. The number of rotatable bonds is 6. The Labute approximate surface area is 171 Å². The Morgan fingerprint density at radius 3 is 2.38 bits per heavy atom. The quantitative estimate of drug-likeness (QED) is 0.395. The van der Waals surface area contributed by atoms with Gasteiger partial charge in [-0.3, -0.25) is 4.99 Å². The van der Waals surface area contributed by atoms with E-state index in [0.29, 0.717) is 24.6 Å². The molecule has 0 aliphatic heterocycles. The van der Waals surface area contributed by atoms with Gasteiger partial charge in [0.1, 0.15) is 5.82 Å². The number of halogens is 2. The van der Waals surface area contributed by atoms with Gasteiger partial charge in [0.15, 0.2) is 17.5 Å². The molecule has 0 bridgehead atoms. The zero-order valence-corrected chi connectivity index (χ0v) is 17.8. The molecule has 2 rings (SSSR count). The third-order valence-corrected chi connectivity index (χ3v) is 3.83. The zero-order chi connectivity index (χ0) is 18.2. The molecule has 0 fully saturated rings. The van der Waals surface area contributed by atoms with Crippen molar-refractivity contribution in [1.82, 2.24) is 10.2 Å². The van der Waals surface area contributed by atoms with Gasteiger partial charge in [-0.25, -0.2) is 4.39 Å².